The van der Waals surface area contributed by atoms with Crippen LogP contribution in [0.3, 0.4) is 0 Å². The van der Waals surface area contributed by atoms with Gasteiger partial charge in [0.15, 0.2) is 5.11 Å². The number of thiocarbonyl (C=S) groups is 1. The monoisotopic (exact) mass is 629 g/mol. The summed E-state index contributed by atoms with van der Waals surface area (Å²) >= 11 is 8.80. The minimum Gasteiger partial charge on any atom is -0.494 e. The first-order valence-electron chi connectivity index (χ1n) is 13.1. The van der Waals surface area contributed by atoms with Crippen molar-refractivity contribution in [2.45, 2.75) is 27.4 Å². The van der Waals surface area contributed by atoms with Gasteiger partial charge in [-0.25, -0.2) is 0 Å². The standard InChI is InChI=1S/C32H28BrN3O4S/c1-4-39-28-7-5-6-26(18-28)36-31(38)29(30(37)34-32(36)41)17-23-16-20(2)35(21(23)3)25-12-14-27(15-13-25)40-19-22-8-10-24(33)11-9-22/h5-18H,4,19H2,1-3H3,(H,34,37,41)/b29-17+. The summed E-state index contributed by atoms with van der Waals surface area (Å²) in [4.78, 5) is 27.8. The molecule has 0 saturated carbocycles. The lowest BCUT2D eigenvalue weighted by Crippen LogP contribution is -2.54. The molecule has 1 aliphatic heterocycles. The third-order valence-corrected chi connectivity index (χ3v) is 7.49. The molecule has 9 heteroatoms. The SMILES string of the molecule is CCOc1cccc(N2C(=O)/C(=C/c3cc(C)n(-c4ccc(OCc5ccc(Br)cc5)cc4)c3C)C(=O)NC2=S)c1. The molecule has 1 aliphatic rings. The zero-order valence-electron chi connectivity index (χ0n) is 22.8. The van der Waals surface area contributed by atoms with Crippen molar-refractivity contribution in [3.63, 3.8) is 0 Å². The first kappa shape index (κ1) is 28.3. The lowest BCUT2D eigenvalue weighted by Gasteiger charge is -2.29. The van der Waals surface area contributed by atoms with Gasteiger partial charge in [-0.1, -0.05) is 34.1 Å². The van der Waals surface area contributed by atoms with Gasteiger partial charge in [-0.3, -0.25) is 19.8 Å². The van der Waals surface area contributed by atoms with Gasteiger partial charge < -0.3 is 14.0 Å². The number of hydrogen-bond acceptors (Lipinski definition) is 5. The third-order valence-electron chi connectivity index (χ3n) is 6.67. The van der Waals surface area contributed by atoms with E-state index in [2.05, 4.69) is 25.8 Å². The fourth-order valence-electron chi connectivity index (χ4n) is 4.70. The third kappa shape index (κ3) is 6.11. The summed E-state index contributed by atoms with van der Waals surface area (Å²) in [6, 6.07) is 24.8. The van der Waals surface area contributed by atoms with Crippen LogP contribution in [-0.2, 0) is 16.2 Å². The Kier molecular flexibility index (Phi) is 8.37. The van der Waals surface area contributed by atoms with Crippen LogP contribution < -0.4 is 19.7 Å². The number of ether oxygens (including phenoxy) is 2. The lowest BCUT2D eigenvalue weighted by atomic mass is 10.1. The molecule has 0 spiro atoms. The highest BCUT2D eigenvalue weighted by Crippen LogP contribution is 2.28. The Labute approximate surface area is 252 Å². The number of benzene rings is 3. The van der Waals surface area contributed by atoms with Gasteiger partial charge in [0.25, 0.3) is 11.8 Å². The van der Waals surface area contributed by atoms with Crippen LogP contribution in [0.2, 0.25) is 0 Å². The molecule has 0 atom stereocenters. The van der Waals surface area contributed by atoms with Crippen LogP contribution in [0.15, 0.2) is 88.9 Å². The second-order valence-corrected chi connectivity index (χ2v) is 10.8. The fraction of sp³-hybridized carbons (Fsp3) is 0.156. The van der Waals surface area contributed by atoms with Gasteiger partial charge >= 0.3 is 0 Å². The number of anilines is 1. The Morgan fingerprint density at radius 3 is 2.34 bits per heavy atom. The van der Waals surface area contributed by atoms with E-state index in [1.807, 2.05) is 75.4 Å². The molecule has 1 aromatic heterocycles. The maximum atomic E-state index is 13.6. The lowest BCUT2D eigenvalue weighted by molar-refractivity contribution is -0.122. The van der Waals surface area contributed by atoms with Gasteiger partial charge in [0.1, 0.15) is 23.7 Å². The molecule has 2 amide bonds. The minimum absolute atomic E-state index is 0.00245. The largest absolute Gasteiger partial charge is 0.494 e. The smallest absolute Gasteiger partial charge is 0.270 e. The maximum absolute atomic E-state index is 13.6. The molecule has 1 N–H and O–H groups in total. The van der Waals surface area contributed by atoms with Crippen LogP contribution in [0.4, 0.5) is 5.69 Å². The van der Waals surface area contributed by atoms with Gasteiger partial charge in [-0.05, 0) is 105 Å². The number of rotatable bonds is 8. The summed E-state index contributed by atoms with van der Waals surface area (Å²) in [6.07, 6.45) is 1.62. The zero-order valence-corrected chi connectivity index (χ0v) is 25.2. The number of carbonyl (C=O) groups excluding carboxylic acids is 2. The van der Waals surface area contributed by atoms with Crippen LogP contribution >= 0.6 is 28.1 Å². The van der Waals surface area contributed by atoms with E-state index in [4.69, 9.17) is 21.7 Å². The van der Waals surface area contributed by atoms with E-state index >= 15 is 0 Å². The van der Waals surface area contributed by atoms with E-state index in [0.29, 0.717) is 24.7 Å². The van der Waals surface area contributed by atoms with Crippen molar-refractivity contribution in [2.24, 2.45) is 0 Å². The molecule has 7 nitrogen and oxygen atoms in total. The fourth-order valence-corrected chi connectivity index (χ4v) is 5.24. The van der Waals surface area contributed by atoms with Crippen molar-refractivity contribution in [3.8, 4) is 17.2 Å². The molecule has 3 aromatic carbocycles. The first-order chi connectivity index (χ1) is 19.7. The van der Waals surface area contributed by atoms with E-state index in [1.165, 1.54) is 4.90 Å². The molecule has 4 aromatic rings. The van der Waals surface area contributed by atoms with Crippen molar-refractivity contribution < 1.29 is 19.1 Å². The molecule has 5 rings (SSSR count). The van der Waals surface area contributed by atoms with Crippen molar-refractivity contribution in [3.05, 3.63) is 111 Å². The molecule has 41 heavy (non-hydrogen) atoms. The number of nitrogens with zero attached hydrogens (tertiary/aromatic N) is 2. The normalized spacial score (nSPS) is 14.4. The van der Waals surface area contributed by atoms with Gasteiger partial charge in [0, 0.05) is 27.6 Å². The Balaban J connectivity index is 1.39. The molecule has 1 saturated heterocycles. The molecular formula is C32H28BrN3O4S. The van der Waals surface area contributed by atoms with E-state index < -0.39 is 11.8 Å². The van der Waals surface area contributed by atoms with Gasteiger partial charge in [-0.2, -0.15) is 0 Å². The Bertz CT molecular complexity index is 1660. The summed E-state index contributed by atoms with van der Waals surface area (Å²) in [6.45, 7) is 6.78. The Morgan fingerprint density at radius 1 is 0.902 bits per heavy atom. The van der Waals surface area contributed by atoms with Gasteiger partial charge in [-0.15, -0.1) is 0 Å². The van der Waals surface area contributed by atoms with E-state index in [0.717, 1.165) is 38.4 Å². The highest BCUT2D eigenvalue weighted by Gasteiger charge is 2.35. The average molecular weight is 631 g/mol. The number of halogens is 1. The number of hydrogen-bond donors (Lipinski definition) is 1. The zero-order chi connectivity index (χ0) is 29.1. The quantitative estimate of drug-likeness (QED) is 0.134. The average Bonchev–Trinajstić information content (AvgIpc) is 3.23. The van der Waals surface area contributed by atoms with Crippen LogP contribution in [0, 0.1) is 13.8 Å². The van der Waals surface area contributed by atoms with Crippen LogP contribution in [0.5, 0.6) is 11.5 Å². The predicted molar refractivity (Wildman–Crippen MR) is 168 cm³/mol. The van der Waals surface area contributed by atoms with Crippen LogP contribution in [0.25, 0.3) is 11.8 Å². The number of aryl methyl sites for hydroxylation is 1. The van der Waals surface area contributed by atoms with Crippen molar-refractivity contribution >= 4 is 56.8 Å². The minimum atomic E-state index is -0.533. The number of aromatic nitrogens is 1. The van der Waals surface area contributed by atoms with Gasteiger partial charge in [0.05, 0.1) is 12.3 Å². The highest BCUT2D eigenvalue weighted by atomic mass is 79.9. The van der Waals surface area contributed by atoms with Crippen LogP contribution in [0.1, 0.15) is 29.4 Å². The Morgan fingerprint density at radius 2 is 1.63 bits per heavy atom. The summed E-state index contributed by atoms with van der Waals surface area (Å²) in [7, 11) is 0. The molecule has 0 aliphatic carbocycles. The summed E-state index contributed by atoms with van der Waals surface area (Å²) in [5.41, 5.74) is 5.13. The first-order valence-corrected chi connectivity index (χ1v) is 14.3. The summed E-state index contributed by atoms with van der Waals surface area (Å²) in [5, 5.41) is 2.68. The maximum Gasteiger partial charge on any atom is 0.270 e. The topological polar surface area (TPSA) is 72.8 Å². The van der Waals surface area contributed by atoms with Crippen molar-refractivity contribution in [2.75, 3.05) is 11.5 Å². The van der Waals surface area contributed by atoms with Gasteiger partial charge in [0.2, 0.25) is 0 Å². The van der Waals surface area contributed by atoms with E-state index in [-0.39, 0.29) is 10.7 Å². The Hall–Kier alpha value is -4.21. The summed E-state index contributed by atoms with van der Waals surface area (Å²) in [5.74, 6) is 0.338. The van der Waals surface area contributed by atoms with Crippen molar-refractivity contribution in [1.29, 1.82) is 0 Å². The predicted octanol–water partition coefficient (Wildman–Crippen LogP) is 6.67. The molecule has 208 valence electrons. The molecule has 2 heterocycles. The highest BCUT2D eigenvalue weighted by molar-refractivity contribution is 9.10. The molecule has 0 radical (unpaired) electrons. The van der Waals surface area contributed by atoms with Crippen LogP contribution in [-0.4, -0.2) is 28.1 Å². The molecular weight excluding hydrogens is 602 g/mol. The van der Waals surface area contributed by atoms with E-state index in [9.17, 15) is 9.59 Å². The van der Waals surface area contributed by atoms with Crippen molar-refractivity contribution in [1.82, 2.24) is 9.88 Å². The van der Waals surface area contributed by atoms with E-state index in [1.54, 1.807) is 30.3 Å². The summed E-state index contributed by atoms with van der Waals surface area (Å²) < 4.78 is 14.6. The second-order valence-electron chi connectivity index (χ2n) is 9.46. The number of carbonyl (C=O) groups is 2. The number of amides is 2. The molecule has 0 bridgehead atoms. The number of nitrogens with one attached hydrogen (secondary N) is 1. The second kappa shape index (κ2) is 12.1. The molecule has 0 unspecified atom stereocenters. The molecule has 1 fully saturated rings.